The van der Waals surface area contributed by atoms with Crippen molar-refractivity contribution in [2.45, 2.75) is 19.3 Å². The van der Waals surface area contributed by atoms with Crippen molar-refractivity contribution in [1.29, 1.82) is 0 Å². The summed E-state index contributed by atoms with van der Waals surface area (Å²) in [5.74, 6) is -0.472. The van der Waals surface area contributed by atoms with Crippen molar-refractivity contribution in [3.63, 3.8) is 0 Å². The number of benzene rings is 2. The summed E-state index contributed by atoms with van der Waals surface area (Å²) in [7, 11) is 0. The molecule has 0 saturated carbocycles. The van der Waals surface area contributed by atoms with Crippen molar-refractivity contribution in [1.82, 2.24) is 20.6 Å². The minimum absolute atomic E-state index is 0.0269. The fourth-order valence-electron chi connectivity index (χ4n) is 3.89. The fraction of sp³-hybridized carbons (Fsp3) is 0.214. The number of aromatic amines is 1. The molecule has 5 N–H and O–H groups in total. The van der Waals surface area contributed by atoms with Crippen LogP contribution in [0, 0.1) is 0 Å². The molecule has 42 heavy (non-hydrogen) atoms. The number of azide groups is 1. The van der Waals surface area contributed by atoms with E-state index >= 15 is 0 Å². The Bertz CT molecular complexity index is 1640. The van der Waals surface area contributed by atoms with Crippen LogP contribution in [0.5, 0.6) is 17.4 Å². The predicted molar refractivity (Wildman–Crippen MR) is 155 cm³/mol. The maximum absolute atomic E-state index is 12.3. The van der Waals surface area contributed by atoms with E-state index in [2.05, 4.69) is 30.6 Å². The van der Waals surface area contributed by atoms with Crippen LogP contribution in [0.3, 0.4) is 0 Å². The monoisotopic (exact) mass is 589 g/mol. The first-order chi connectivity index (χ1) is 20.3. The van der Waals surface area contributed by atoms with Crippen LogP contribution in [0.25, 0.3) is 10.4 Å². The van der Waals surface area contributed by atoms with Crippen molar-refractivity contribution in [2.75, 3.05) is 19.7 Å². The second-order valence-corrected chi connectivity index (χ2v) is 10.1. The van der Waals surface area contributed by atoms with Gasteiger partial charge in [-0.3, -0.25) is 24.4 Å². The average molecular weight is 590 g/mol. The van der Waals surface area contributed by atoms with Crippen molar-refractivity contribution in [2.24, 2.45) is 5.11 Å². The topological polar surface area (TPSA) is 202 Å². The van der Waals surface area contributed by atoms with Gasteiger partial charge >= 0.3 is 4.87 Å². The molecular weight excluding hydrogens is 562 g/mol. The van der Waals surface area contributed by atoms with Gasteiger partial charge in [-0.25, -0.2) is 0 Å². The van der Waals surface area contributed by atoms with Crippen LogP contribution in [0.1, 0.15) is 32.1 Å². The molecule has 0 radical (unpaired) electrons. The molecule has 2 heterocycles. The summed E-state index contributed by atoms with van der Waals surface area (Å²) in [5, 5.41) is 28.3. The van der Waals surface area contributed by atoms with E-state index in [1.54, 1.807) is 6.20 Å². The maximum atomic E-state index is 12.3. The molecule has 14 heteroatoms. The highest BCUT2D eigenvalue weighted by molar-refractivity contribution is 7.09. The smallest absolute Gasteiger partial charge is 0.307 e. The van der Waals surface area contributed by atoms with Gasteiger partial charge in [-0.1, -0.05) is 40.7 Å². The first kappa shape index (κ1) is 29.6. The molecule has 13 nitrogen and oxygen atoms in total. The number of aromatic nitrogens is 2. The number of rotatable bonds is 13. The van der Waals surface area contributed by atoms with Gasteiger partial charge in [-0.15, -0.1) is 0 Å². The summed E-state index contributed by atoms with van der Waals surface area (Å²) in [6.45, 7) is 0.761. The molecule has 0 fully saturated rings. The highest BCUT2D eigenvalue weighted by Crippen LogP contribution is 2.24. The Morgan fingerprint density at radius 3 is 2.48 bits per heavy atom. The average Bonchev–Trinajstić information content (AvgIpc) is 3.29. The molecule has 0 unspecified atom stereocenters. The van der Waals surface area contributed by atoms with Crippen LogP contribution < -0.4 is 20.2 Å². The van der Waals surface area contributed by atoms with Crippen LogP contribution in [0.15, 0.2) is 70.7 Å². The number of thiazole rings is 1. The second-order valence-electron chi connectivity index (χ2n) is 9.04. The lowest BCUT2D eigenvalue weighted by Gasteiger charge is -2.09. The Morgan fingerprint density at radius 1 is 1.05 bits per heavy atom. The number of H-pyrrole nitrogens is 1. The minimum atomic E-state index is -0.524. The number of phenolic OH excluding ortho intramolecular Hbond substituents is 1. The number of amides is 2. The van der Waals surface area contributed by atoms with Crippen molar-refractivity contribution >= 4 is 28.8 Å². The summed E-state index contributed by atoms with van der Waals surface area (Å²) < 4.78 is 5.79. The number of aromatic hydroxyl groups is 2. The van der Waals surface area contributed by atoms with Crippen molar-refractivity contribution in [3.8, 4) is 17.4 Å². The van der Waals surface area contributed by atoms with E-state index < -0.39 is 5.91 Å². The van der Waals surface area contributed by atoms with Crippen LogP contribution in [0.2, 0.25) is 0 Å². The zero-order valence-electron chi connectivity index (χ0n) is 22.2. The molecule has 2 amide bonds. The van der Waals surface area contributed by atoms with Gasteiger partial charge in [0.15, 0.2) is 0 Å². The van der Waals surface area contributed by atoms with Crippen LogP contribution in [-0.2, 0) is 24.1 Å². The molecule has 0 aliphatic heterocycles. The molecule has 0 aliphatic rings. The van der Waals surface area contributed by atoms with Gasteiger partial charge in [0.05, 0.1) is 23.5 Å². The van der Waals surface area contributed by atoms with E-state index in [0.29, 0.717) is 30.1 Å². The molecule has 0 aliphatic carbocycles. The molecule has 4 rings (SSSR count). The van der Waals surface area contributed by atoms with Crippen molar-refractivity contribution in [3.05, 3.63) is 108 Å². The van der Waals surface area contributed by atoms with Crippen LogP contribution in [-0.4, -0.2) is 51.7 Å². The molecule has 216 valence electrons. The molecule has 2 aromatic carbocycles. The Morgan fingerprint density at radius 2 is 1.81 bits per heavy atom. The zero-order chi connectivity index (χ0) is 29.9. The molecule has 2 aromatic heterocycles. The lowest BCUT2D eigenvalue weighted by molar-refractivity contribution is -0.120. The van der Waals surface area contributed by atoms with Gasteiger partial charge in [0.2, 0.25) is 11.8 Å². The summed E-state index contributed by atoms with van der Waals surface area (Å²) in [6, 6.07) is 15.0. The summed E-state index contributed by atoms with van der Waals surface area (Å²) in [6.07, 6.45) is 2.79. The SMILES string of the molecule is [N-]=[N+]=Nc1ccc(C(=O)NCCNC(=O)Cc2ccc(CCOc3ccc(Cc4sc(=O)[nH]c4O)cc3)nc2)c(O)c1. The highest BCUT2D eigenvalue weighted by atomic mass is 32.1. The Kier molecular flexibility index (Phi) is 10.1. The van der Waals surface area contributed by atoms with E-state index in [1.165, 1.54) is 18.2 Å². The van der Waals surface area contributed by atoms with Crippen LogP contribution in [0.4, 0.5) is 5.69 Å². The van der Waals surface area contributed by atoms with E-state index in [0.717, 1.165) is 28.2 Å². The number of hydrogen-bond donors (Lipinski definition) is 5. The third-order valence-corrected chi connectivity index (χ3v) is 6.86. The molecule has 0 saturated heterocycles. The number of carbonyl (C=O) groups excluding carboxylic acids is 2. The van der Waals surface area contributed by atoms with Gasteiger partial charge in [0, 0.05) is 48.4 Å². The van der Waals surface area contributed by atoms with E-state index in [-0.39, 0.29) is 53.2 Å². The highest BCUT2D eigenvalue weighted by Gasteiger charge is 2.12. The molecule has 0 atom stereocenters. The molecule has 4 aromatic rings. The van der Waals surface area contributed by atoms with Gasteiger partial charge in [0.25, 0.3) is 5.91 Å². The quantitative estimate of drug-likeness (QED) is 0.0679. The fourth-order valence-corrected chi connectivity index (χ4v) is 4.65. The van der Waals surface area contributed by atoms with E-state index in [4.69, 9.17) is 10.3 Å². The Balaban J connectivity index is 1.13. The zero-order valence-corrected chi connectivity index (χ0v) is 23.1. The number of carbonyl (C=O) groups is 2. The lowest BCUT2D eigenvalue weighted by atomic mass is 10.1. The molecule has 0 bridgehead atoms. The van der Waals surface area contributed by atoms with Gasteiger partial charge in [-0.05, 0) is 47.0 Å². The number of hydrogen-bond acceptors (Lipinski definition) is 9. The standard InChI is InChI=1S/C28H27N7O6S/c29-35-34-20-5-8-22(23(36)15-20)26(38)31-11-10-30-25(37)14-18-1-4-19(32-16-18)9-12-41-21-6-2-17(3-7-21)13-24-27(39)33-28(40)42-24/h1-8,15-16,36,39H,9-14H2,(H,30,37)(H,31,38)(H,33,40). The predicted octanol–water partition coefficient (Wildman–Crippen LogP) is 3.49. The van der Waals surface area contributed by atoms with Gasteiger partial charge in [-0.2, -0.15) is 0 Å². The third kappa shape index (κ3) is 8.58. The normalized spacial score (nSPS) is 10.5. The van der Waals surface area contributed by atoms with Gasteiger partial charge < -0.3 is 25.6 Å². The summed E-state index contributed by atoms with van der Waals surface area (Å²) in [4.78, 5) is 45.5. The lowest BCUT2D eigenvalue weighted by Crippen LogP contribution is -2.35. The minimum Gasteiger partial charge on any atom is -0.507 e. The van der Waals surface area contributed by atoms with Gasteiger partial charge in [0.1, 0.15) is 11.5 Å². The molecular formula is C28H27N7O6S. The largest absolute Gasteiger partial charge is 0.507 e. The number of phenols is 1. The number of nitrogens with one attached hydrogen (secondary N) is 3. The Labute approximate surface area is 243 Å². The summed E-state index contributed by atoms with van der Waals surface area (Å²) >= 11 is 0.983. The van der Waals surface area contributed by atoms with Crippen molar-refractivity contribution < 1.29 is 24.5 Å². The maximum Gasteiger partial charge on any atom is 0.307 e. The number of nitrogens with zero attached hydrogens (tertiary/aromatic N) is 4. The van der Waals surface area contributed by atoms with E-state index in [1.807, 2.05) is 36.4 Å². The van der Waals surface area contributed by atoms with E-state index in [9.17, 15) is 24.6 Å². The third-order valence-electron chi connectivity index (χ3n) is 5.98. The second kappa shape index (κ2) is 14.3. The number of ether oxygens (including phenoxy) is 1. The Hall–Kier alpha value is -5.33. The summed E-state index contributed by atoms with van der Waals surface area (Å²) in [5.41, 5.74) is 11.1. The first-order valence-corrected chi connectivity index (χ1v) is 13.6. The first-order valence-electron chi connectivity index (χ1n) is 12.8. The molecule has 0 spiro atoms. The van der Waals surface area contributed by atoms with Crippen LogP contribution >= 0.6 is 11.3 Å². The number of pyridine rings is 1.